The van der Waals surface area contributed by atoms with Crippen LogP contribution in [0.15, 0.2) is 0 Å². The summed E-state index contributed by atoms with van der Waals surface area (Å²) in [5.74, 6) is 0. The summed E-state index contributed by atoms with van der Waals surface area (Å²) < 4.78 is 0. The molecular formula is C9H20N2O. The summed E-state index contributed by atoms with van der Waals surface area (Å²) in [6.07, 6.45) is 2.48. The van der Waals surface area contributed by atoms with Gasteiger partial charge in [-0.3, -0.25) is 0 Å². The van der Waals surface area contributed by atoms with Gasteiger partial charge >= 0.3 is 0 Å². The van der Waals surface area contributed by atoms with Crippen molar-refractivity contribution >= 4 is 0 Å². The van der Waals surface area contributed by atoms with Gasteiger partial charge in [-0.1, -0.05) is 0 Å². The third-order valence-corrected chi connectivity index (χ3v) is 2.08. The van der Waals surface area contributed by atoms with Crippen molar-refractivity contribution < 1.29 is 5.11 Å². The average Bonchev–Trinajstić information content (AvgIpc) is 2.69. The van der Waals surface area contributed by atoms with Crippen LogP contribution in [0.2, 0.25) is 0 Å². The van der Waals surface area contributed by atoms with Crippen LogP contribution in [0.5, 0.6) is 0 Å². The summed E-state index contributed by atoms with van der Waals surface area (Å²) in [5, 5.41) is 12.5. The van der Waals surface area contributed by atoms with E-state index in [1.54, 1.807) is 0 Å². The Bertz CT molecular complexity index is 124. The predicted octanol–water partition coefficient (Wildman–Crippen LogP) is 0.0510. The fraction of sp³-hybridized carbons (Fsp3) is 1.00. The molecule has 0 saturated heterocycles. The lowest BCUT2D eigenvalue weighted by atomic mass is 10.4. The normalized spacial score (nSPS) is 20.0. The van der Waals surface area contributed by atoms with Gasteiger partial charge in [0.25, 0.3) is 0 Å². The zero-order valence-corrected chi connectivity index (χ0v) is 8.08. The van der Waals surface area contributed by atoms with Crippen LogP contribution in [-0.4, -0.2) is 48.8 Å². The molecule has 1 aliphatic rings. The van der Waals surface area contributed by atoms with E-state index in [4.69, 9.17) is 5.11 Å². The van der Waals surface area contributed by atoms with Crippen LogP contribution in [-0.2, 0) is 0 Å². The molecule has 1 fully saturated rings. The number of hydrogen-bond acceptors (Lipinski definition) is 3. The van der Waals surface area contributed by atoms with Crippen LogP contribution < -0.4 is 5.32 Å². The van der Waals surface area contributed by atoms with Crippen molar-refractivity contribution in [3.63, 3.8) is 0 Å². The van der Waals surface area contributed by atoms with Gasteiger partial charge in [-0.15, -0.1) is 0 Å². The summed E-state index contributed by atoms with van der Waals surface area (Å²) in [6, 6.07) is 0.796. The Kier molecular flexibility index (Phi) is 3.98. The van der Waals surface area contributed by atoms with Gasteiger partial charge in [0.15, 0.2) is 0 Å². The minimum atomic E-state index is -0.212. The van der Waals surface area contributed by atoms with E-state index in [2.05, 4.69) is 10.2 Å². The number of hydrogen-bond donors (Lipinski definition) is 2. The third kappa shape index (κ3) is 4.70. The van der Waals surface area contributed by atoms with Gasteiger partial charge in [0.05, 0.1) is 6.10 Å². The number of aliphatic hydroxyl groups is 1. The Morgan fingerprint density at radius 2 is 2.25 bits per heavy atom. The number of likely N-dealkylation sites (N-methyl/N-ethyl adjacent to an activating group) is 1. The van der Waals surface area contributed by atoms with Gasteiger partial charge < -0.3 is 15.3 Å². The molecule has 12 heavy (non-hydrogen) atoms. The Hall–Kier alpha value is -0.120. The molecule has 1 rings (SSSR count). The first-order valence-corrected chi connectivity index (χ1v) is 4.78. The largest absolute Gasteiger partial charge is 0.392 e. The lowest BCUT2D eigenvalue weighted by molar-refractivity contribution is 0.142. The minimum absolute atomic E-state index is 0.212. The first-order chi connectivity index (χ1) is 5.68. The van der Waals surface area contributed by atoms with Crippen LogP contribution in [0.4, 0.5) is 0 Å². The molecule has 1 saturated carbocycles. The summed E-state index contributed by atoms with van der Waals surface area (Å²) in [4.78, 5) is 2.15. The standard InChI is InChI=1S/C9H20N2O/c1-8(12)7-11(2)6-5-10-9-3-4-9/h8-10,12H,3-7H2,1-2H3. The molecule has 0 aromatic heterocycles. The zero-order chi connectivity index (χ0) is 8.97. The topological polar surface area (TPSA) is 35.5 Å². The van der Waals surface area contributed by atoms with Crippen molar-refractivity contribution in [2.45, 2.75) is 31.9 Å². The molecule has 0 aliphatic heterocycles. The first-order valence-electron chi connectivity index (χ1n) is 4.78. The molecule has 1 unspecified atom stereocenters. The Labute approximate surface area is 74.8 Å². The predicted molar refractivity (Wildman–Crippen MR) is 50.2 cm³/mol. The SMILES string of the molecule is CC(O)CN(C)CCNC1CC1. The Morgan fingerprint density at radius 1 is 1.58 bits per heavy atom. The van der Waals surface area contributed by atoms with Crippen LogP contribution >= 0.6 is 0 Å². The van der Waals surface area contributed by atoms with E-state index in [1.165, 1.54) is 12.8 Å². The molecule has 0 spiro atoms. The Balaban J connectivity index is 1.89. The lowest BCUT2D eigenvalue weighted by Gasteiger charge is -2.18. The van der Waals surface area contributed by atoms with E-state index in [9.17, 15) is 0 Å². The maximum absolute atomic E-state index is 9.08. The molecule has 3 heteroatoms. The highest BCUT2D eigenvalue weighted by atomic mass is 16.3. The average molecular weight is 172 g/mol. The fourth-order valence-electron chi connectivity index (χ4n) is 1.29. The molecule has 72 valence electrons. The number of aliphatic hydroxyl groups excluding tert-OH is 1. The number of nitrogens with zero attached hydrogens (tertiary/aromatic N) is 1. The maximum atomic E-state index is 9.08. The summed E-state index contributed by atoms with van der Waals surface area (Å²) in [6.45, 7) is 4.67. The molecule has 0 aromatic rings. The van der Waals surface area contributed by atoms with Gasteiger partial charge in [0, 0.05) is 25.7 Å². The van der Waals surface area contributed by atoms with Crippen molar-refractivity contribution in [2.75, 3.05) is 26.7 Å². The molecule has 2 N–H and O–H groups in total. The summed E-state index contributed by atoms with van der Waals surface area (Å²) in [7, 11) is 2.04. The number of nitrogens with one attached hydrogen (secondary N) is 1. The van der Waals surface area contributed by atoms with Gasteiger partial charge in [0.2, 0.25) is 0 Å². The first kappa shape index (κ1) is 9.96. The minimum Gasteiger partial charge on any atom is -0.392 e. The van der Waals surface area contributed by atoms with Crippen molar-refractivity contribution in [2.24, 2.45) is 0 Å². The van der Waals surface area contributed by atoms with Crippen LogP contribution in [0.3, 0.4) is 0 Å². The van der Waals surface area contributed by atoms with Gasteiger partial charge in [-0.05, 0) is 26.8 Å². The second-order valence-electron chi connectivity index (χ2n) is 3.84. The van der Waals surface area contributed by atoms with Gasteiger partial charge in [-0.2, -0.15) is 0 Å². The van der Waals surface area contributed by atoms with Crippen molar-refractivity contribution in [3.05, 3.63) is 0 Å². The van der Waals surface area contributed by atoms with Crippen LogP contribution in [0.1, 0.15) is 19.8 Å². The molecule has 3 nitrogen and oxygen atoms in total. The summed E-state index contributed by atoms with van der Waals surface area (Å²) >= 11 is 0. The summed E-state index contributed by atoms with van der Waals surface area (Å²) in [5.41, 5.74) is 0. The molecule has 0 heterocycles. The van der Waals surface area contributed by atoms with Crippen molar-refractivity contribution in [1.29, 1.82) is 0 Å². The quantitative estimate of drug-likeness (QED) is 0.594. The molecule has 1 atom stereocenters. The molecule has 0 radical (unpaired) electrons. The molecule has 0 bridgehead atoms. The molecule has 1 aliphatic carbocycles. The van der Waals surface area contributed by atoms with Crippen LogP contribution in [0.25, 0.3) is 0 Å². The molecule has 0 aromatic carbocycles. The second-order valence-corrected chi connectivity index (χ2v) is 3.84. The van der Waals surface area contributed by atoms with E-state index in [1.807, 2.05) is 14.0 Å². The smallest absolute Gasteiger partial charge is 0.0638 e. The fourth-order valence-corrected chi connectivity index (χ4v) is 1.29. The maximum Gasteiger partial charge on any atom is 0.0638 e. The second kappa shape index (κ2) is 4.80. The molecule has 0 amide bonds. The van der Waals surface area contributed by atoms with Crippen molar-refractivity contribution in [1.82, 2.24) is 10.2 Å². The van der Waals surface area contributed by atoms with Gasteiger partial charge in [0.1, 0.15) is 0 Å². The lowest BCUT2D eigenvalue weighted by Crippen LogP contribution is -2.34. The monoisotopic (exact) mass is 172 g/mol. The Morgan fingerprint density at radius 3 is 2.75 bits per heavy atom. The van der Waals surface area contributed by atoms with E-state index < -0.39 is 0 Å². The van der Waals surface area contributed by atoms with Crippen molar-refractivity contribution in [3.8, 4) is 0 Å². The van der Waals surface area contributed by atoms with E-state index >= 15 is 0 Å². The highest BCUT2D eigenvalue weighted by Gasteiger charge is 2.19. The van der Waals surface area contributed by atoms with E-state index in [0.29, 0.717) is 0 Å². The number of rotatable bonds is 6. The van der Waals surface area contributed by atoms with E-state index in [0.717, 1.165) is 25.7 Å². The zero-order valence-electron chi connectivity index (χ0n) is 8.08. The van der Waals surface area contributed by atoms with Gasteiger partial charge in [-0.25, -0.2) is 0 Å². The van der Waals surface area contributed by atoms with E-state index in [-0.39, 0.29) is 6.10 Å². The van der Waals surface area contributed by atoms with Crippen LogP contribution in [0, 0.1) is 0 Å². The highest BCUT2D eigenvalue weighted by molar-refractivity contribution is 4.80. The molecular weight excluding hydrogens is 152 g/mol. The highest BCUT2D eigenvalue weighted by Crippen LogP contribution is 2.17. The third-order valence-electron chi connectivity index (χ3n) is 2.08.